The number of alkyl halides is 1. The zero-order valence-electron chi connectivity index (χ0n) is 17.0. The molecule has 0 saturated heterocycles. The lowest BCUT2D eigenvalue weighted by molar-refractivity contribution is -0.188. The van der Waals surface area contributed by atoms with Crippen LogP contribution in [0.5, 0.6) is 0 Å². The van der Waals surface area contributed by atoms with Gasteiger partial charge in [-0.2, -0.15) is 0 Å². The van der Waals surface area contributed by atoms with Crippen LogP contribution in [-0.2, 0) is 25.6 Å². The highest BCUT2D eigenvalue weighted by Gasteiger charge is 2.53. The summed E-state index contributed by atoms with van der Waals surface area (Å²) in [6, 6.07) is 8.93. The maximum absolute atomic E-state index is 16.0. The summed E-state index contributed by atoms with van der Waals surface area (Å²) < 4.78 is 31.5. The number of carbonyl (C=O) groups is 2. The minimum absolute atomic E-state index is 0.100. The van der Waals surface area contributed by atoms with E-state index in [0.29, 0.717) is 16.9 Å². The van der Waals surface area contributed by atoms with Gasteiger partial charge >= 0.3 is 12.1 Å². The van der Waals surface area contributed by atoms with Crippen LogP contribution in [0.3, 0.4) is 0 Å². The third-order valence-corrected chi connectivity index (χ3v) is 4.03. The van der Waals surface area contributed by atoms with Crippen molar-refractivity contribution in [3.63, 3.8) is 0 Å². The van der Waals surface area contributed by atoms with Crippen molar-refractivity contribution < 1.29 is 28.2 Å². The van der Waals surface area contributed by atoms with Gasteiger partial charge in [-0.25, -0.2) is 18.9 Å². The van der Waals surface area contributed by atoms with Gasteiger partial charge in [0.05, 0.1) is 0 Å². The third kappa shape index (κ3) is 6.20. The number of benzene rings is 1. The summed E-state index contributed by atoms with van der Waals surface area (Å²) in [6.45, 7) is 7.69. The van der Waals surface area contributed by atoms with Crippen molar-refractivity contribution in [2.45, 2.75) is 59.0 Å². The van der Waals surface area contributed by atoms with Gasteiger partial charge in [-0.05, 0) is 32.8 Å². The molecule has 27 heavy (non-hydrogen) atoms. The SMILES string of the molecule is CC[C@H](C)[C@@](F)(C(=O)OCc1ccccc1)N(COC)C(=O)OC(C)(C)C. The van der Waals surface area contributed by atoms with Gasteiger partial charge in [0.25, 0.3) is 5.79 Å². The van der Waals surface area contributed by atoms with E-state index in [1.165, 1.54) is 14.0 Å². The molecule has 1 aromatic carbocycles. The van der Waals surface area contributed by atoms with E-state index in [9.17, 15) is 9.59 Å². The van der Waals surface area contributed by atoms with E-state index in [1.54, 1.807) is 52.0 Å². The molecule has 0 N–H and O–H groups in total. The molecule has 152 valence electrons. The summed E-state index contributed by atoms with van der Waals surface area (Å²) in [5.74, 6) is -4.70. The smallest absolute Gasteiger partial charge is 0.415 e. The molecular weight excluding hydrogens is 353 g/mol. The molecule has 0 fully saturated rings. The summed E-state index contributed by atoms with van der Waals surface area (Å²) in [7, 11) is 1.31. The Balaban J connectivity index is 3.12. The van der Waals surface area contributed by atoms with Crippen molar-refractivity contribution in [3.8, 4) is 0 Å². The van der Waals surface area contributed by atoms with E-state index in [2.05, 4.69) is 0 Å². The topological polar surface area (TPSA) is 65.1 Å². The molecule has 0 aromatic heterocycles. The van der Waals surface area contributed by atoms with Gasteiger partial charge in [0, 0.05) is 13.0 Å². The molecule has 6 nitrogen and oxygen atoms in total. The number of carbonyl (C=O) groups excluding carboxylic acids is 2. The maximum Gasteiger partial charge on any atom is 0.415 e. The number of hydrogen-bond donors (Lipinski definition) is 0. The Labute approximate surface area is 160 Å². The molecule has 0 aliphatic carbocycles. The molecular formula is C20H30FNO5. The van der Waals surface area contributed by atoms with E-state index >= 15 is 4.39 Å². The number of nitrogens with zero attached hydrogens (tertiary/aromatic N) is 1. The molecule has 7 heteroatoms. The van der Waals surface area contributed by atoms with E-state index in [0.717, 1.165) is 0 Å². The minimum Gasteiger partial charge on any atom is -0.457 e. The fraction of sp³-hybridized carbons (Fsp3) is 0.600. The normalized spacial score (nSPS) is 14.8. The fourth-order valence-electron chi connectivity index (χ4n) is 2.40. The molecule has 1 aromatic rings. The summed E-state index contributed by atoms with van der Waals surface area (Å²) in [6.07, 6.45) is -0.677. The number of amides is 1. The first-order valence-corrected chi connectivity index (χ1v) is 8.95. The molecule has 0 aliphatic heterocycles. The van der Waals surface area contributed by atoms with Gasteiger partial charge in [-0.1, -0.05) is 44.2 Å². The highest BCUT2D eigenvalue weighted by Crippen LogP contribution is 2.33. The number of ether oxygens (including phenoxy) is 3. The minimum atomic E-state index is -2.72. The molecule has 0 heterocycles. The number of rotatable bonds is 8. The number of methoxy groups -OCH3 is 1. The lowest BCUT2D eigenvalue weighted by Crippen LogP contribution is -2.59. The molecule has 0 aliphatic rings. The molecule has 0 radical (unpaired) electrons. The lowest BCUT2D eigenvalue weighted by Gasteiger charge is -2.39. The third-order valence-electron chi connectivity index (χ3n) is 4.03. The summed E-state index contributed by atoms with van der Waals surface area (Å²) in [5.41, 5.74) is -0.138. The van der Waals surface area contributed by atoms with Crippen LogP contribution < -0.4 is 0 Å². The summed E-state index contributed by atoms with van der Waals surface area (Å²) in [4.78, 5) is 25.9. The van der Waals surface area contributed by atoms with Crippen LogP contribution in [0.1, 0.15) is 46.6 Å². The first-order chi connectivity index (χ1) is 12.6. The Bertz CT molecular complexity index is 617. The zero-order chi connectivity index (χ0) is 20.7. The van der Waals surface area contributed by atoms with Gasteiger partial charge < -0.3 is 14.2 Å². The standard InChI is InChI=1S/C20H30FNO5/c1-7-15(2)20(21,17(23)26-13-16-11-9-8-10-12-16)22(14-25-6)18(24)27-19(3,4)5/h8-12,15H,7,13-14H2,1-6H3/t15-,20-/m0/s1. The number of hydrogen-bond acceptors (Lipinski definition) is 5. The Morgan fingerprint density at radius 1 is 1.19 bits per heavy atom. The molecule has 0 bridgehead atoms. The van der Waals surface area contributed by atoms with E-state index < -0.39 is 36.1 Å². The first-order valence-electron chi connectivity index (χ1n) is 8.95. The van der Waals surface area contributed by atoms with Crippen LogP contribution in [-0.4, -0.2) is 42.2 Å². The molecule has 1 amide bonds. The van der Waals surface area contributed by atoms with Gasteiger partial charge in [0.2, 0.25) is 0 Å². The molecule has 2 atom stereocenters. The second kappa shape index (κ2) is 9.69. The largest absolute Gasteiger partial charge is 0.457 e. The Kier molecular flexibility index (Phi) is 8.21. The number of esters is 1. The second-order valence-electron chi connectivity index (χ2n) is 7.37. The Morgan fingerprint density at radius 2 is 1.78 bits per heavy atom. The molecule has 1 rings (SSSR count). The highest BCUT2D eigenvalue weighted by atomic mass is 19.1. The van der Waals surface area contributed by atoms with E-state index in [-0.39, 0.29) is 6.61 Å². The molecule has 0 saturated carbocycles. The Hall–Kier alpha value is -2.15. The van der Waals surface area contributed by atoms with E-state index in [1.807, 2.05) is 6.07 Å². The predicted octanol–water partition coefficient (Wildman–Crippen LogP) is 4.28. The van der Waals surface area contributed by atoms with Crippen LogP contribution in [0, 0.1) is 5.92 Å². The quantitative estimate of drug-likeness (QED) is 0.381. The average Bonchev–Trinajstić information content (AvgIpc) is 2.62. The van der Waals surface area contributed by atoms with Crippen molar-refractivity contribution in [1.82, 2.24) is 4.90 Å². The van der Waals surface area contributed by atoms with Crippen LogP contribution in [0.25, 0.3) is 0 Å². The number of halogens is 1. The highest BCUT2D eigenvalue weighted by molar-refractivity contribution is 5.84. The van der Waals surface area contributed by atoms with Crippen molar-refractivity contribution in [1.29, 1.82) is 0 Å². The van der Waals surface area contributed by atoms with Gasteiger partial charge in [-0.15, -0.1) is 0 Å². The van der Waals surface area contributed by atoms with Crippen molar-refractivity contribution in [2.75, 3.05) is 13.8 Å². The van der Waals surface area contributed by atoms with Crippen LogP contribution in [0.15, 0.2) is 30.3 Å². The second-order valence-corrected chi connectivity index (χ2v) is 7.37. The van der Waals surface area contributed by atoms with Crippen LogP contribution >= 0.6 is 0 Å². The molecule has 0 spiro atoms. The van der Waals surface area contributed by atoms with Gasteiger partial charge in [0.15, 0.2) is 0 Å². The van der Waals surface area contributed by atoms with E-state index in [4.69, 9.17) is 14.2 Å². The van der Waals surface area contributed by atoms with Crippen molar-refractivity contribution in [2.24, 2.45) is 5.92 Å². The summed E-state index contributed by atoms with van der Waals surface area (Å²) in [5, 5.41) is 0. The first kappa shape index (κ1) is 22.9. The maximum atomic E-state index is 16.0. The average molecular weight is 383 g/mol. The predicted molar refractivity (Wildman–Crippen MR) is 99.5 cm³/mol. The summed E-state index contributed by atoms with van der Waals surface area (Å²) >= 11 is 0. The van der Waals surface area contributed by atoms with Crippen molar-refractivity contribution in [3.05, 3.63) is 35.9 Å². The lowest BCUT2D eigenvalue weighted by atomic mass is 9.95. The van der Waals surface area contributed by atoms with Crippen LogP contribution in [0.4, 0.5) is 9.18 Å². The van der Waals surface area contributed by atoms with Crippen molar-refractivity contribution >= 4 is 12.1 Å². The monoisotopic (exact) mass is 383 g/mol. The van der Waals surface area contributed by atoms with Gasteiger partial charge in [0.1, 0.15) is 18.9 Å². The van der Waals surface area contributed by atoms with Crippen LogP contribution in [0.2, 0.25) is 0 Å². The zero-order valence-corrected chi connectivity index (χ0v) is 17.0. The fourth-order valence-corrected chi connectivity index (χ4v) is 2.40. The Morgan fingerprint density at radius 3 is 2.26 bits per heavy atom. The molecule has 0 unspecified atom stereocenters. The van der Waals surface area contributed by atoms with Gasteiger partial charge in [-0.3, -0.25) is 0 Å².